The fourth-order valence-electron chi connectivity index (χ4n) is 2.34. The van der Waals surface area contributed by atoms with Gasteiger partial charge in [-0.3, -0.25) is 5.10 Å². The number of hydrogen-bond acceptors (Lipinski definition) is 3. The quantitative estimate of drug-likeness (QED) is 0.803. The fourth-order valence-corrected chi connectivity index (χ4v) is 2.34. The van der Waals surface area contributed by atoms with E-state index >= 15 is 0 Å². The fraction of sp³-hybridized carbons (Fsp3) is 0.176. The van der Waals surface area contributed by atoms with E-state index in [0.717, 1.165) is 12.1 Å². The van der Waals surface area contributed by atoms with Gasteiger partial charge in [0, 0.05) is 12.1 Å². The van der Waals surface area contributed by atoms with Crippen molar-refractivity contribution in [2.24, 2.45) is 0 Å². The maximum atomic E-state index is 13.8. The number of halogens is 1. The van der Waals surface area contributed by atoms with Crippen molar-refractivity contribution in [2.45, 2.75) is 6.54 Å². The molecular weight excluding hydrogens is 279 g/mol. The number of nitrogens with zero attached hydrogens (tertiary/aromatic N) is 3. The molecule has 2 aromatic carbocycles. The molecular formula is C17H17FN4. The summed E-state index contributed by atoms with van der Waals surface area (Å²) in [7, 11) is 4.05. The molecule has 3 aromatic rings. The van der Waals surface area contributed by atoms with Gasteiger partial charge in [-0.1, -0.05) is 30.3 Å². The van der Waals surface area contributed by atoms with Gasteiger partial charge in [0.05, 0.1) is 5.56 Å². The minimum Gasteiger partial charge on any atom is -0.305 e. The highest BCUT2D eigenvalue weighted by Gasteiger charge is 2.11. The molecule has 4 nitrogen and oxygen atoms in total. The van der Waals surface area contributed by atoms with Crippen LogP contribution >= 0.6 is 0 Å². The van der Waals surface area contributed by atoms with Crippen LogP contribution in [0.3, 0.4) is 0 Å². The monoisotopic (exact) mass is 296 g/mol. The van der Waals surface area contributed by atoms with Gasteiger partial charge in [-0.25, -0.2) is 9.37 Å². The third-order valence-corrected chi connectivity index (χ3v) is 3.30. The van der Waals surface area contributed by atoms with Crippen LogP contribution in [-0.4, -0.2) is 34.2 Å². The lowest BCUT2D eigenvalue weighted by atomic mass is 10.1. The van der Waals surface area contributed by atoms with Gasteiger partial charge in [0.25, 0.3) is 0 Å². The highest BCUT2D eigenvalue weighted by atomic mass is 19.1. The smallest absolute Gasteiger partial charge is 0.181 e. The van der Waals surface area contributed by atoms with Gasteiger partial charge >= 0.3 is 0 Å². The van der Waals surface area contributed by atoms with Crippen LogP contribution in [0.1, 0.15) is 5.56 Å². The molecule has 0 aliphatic heterocycles. The summed E-state index contributed by atoms with van der Waals surface area (Å²) in [4.78, 5) is 6.51. The standard InChI is InChI=1S/C17H17FN4/c1-22(2)11-12-6-5-7-13(10-12)16-19-17(21-20-16)14-8-3-4-9-15(14)18/h3-10H,11H2,1-2H3,(H,19,20,21). The first-order valence-electron chi connectivity index (χ1n) is 7.05. The van der Waals surface area contributed by atoms with Gasteiger partial charge in [-0.15, -0.1) is 0 Å². The predicted molar refractivity (Wildman–Crippen MR) is 84.6 cm³/mol. The first-order chi connectivity index (χ1) is 10.6. The molecule has 112 valence electrons. The van der Waals surface area contributed by atoms with Crippen molar-refractivity contribution in [3.05, 3.63) is 59.9 Å². The third kappa shape index (κ3) is 3.04. The average molecular weight is 296 g/mol. The molecule has 0 fully saturated rings. The van der Waals surface area contributed by atoms with Crippen molar-refractivity contribution in [1.82, 2.24) is 20.1 Å². The van der Waals surface area contributed by atoms with Crippen molar-refractivity contribution in [1.29, 1.82) is 0 Å². The van der Waals surface area contributed by atoms with Crippen LogP contribution in [0.15, 0.2) is 48.5 Å². The van der Waals surface area contributed by atoms with E-state index in [4.69, 9.17) is 0 Å². The number of rotatable bonds is 4. The average Bonchev–Trinajstić information content (AvgIpc) is 2.97. The molecule has 1 heterocycles. The molecule has 22 heavy (non-hydrogen) atoms. The largest absolute Gasteiger partial charge is 0.305 e. The number of aromatic nitrogens is 3. The molecule has 0 saturated carbocycles. The lowest BCUT2D eigenvalue weighted by Gasteiger charge is -2.09. The number of nitrogens with one attached hydrogen (secondary N) is 1. The normalized spacial score (nSPS) is 11.1. The van der Waals surface area contributed by atoms with Crippen LogP contribution in [0, 0.1) is 5.82 Å². The van der Waals surface area contributed by atoms with Gasteiger partial charge < -0.3 is 4.90 Å². The summed E-state index contributed by atoms with van der Waals surface area (Å²) in [6.07, 6.45) is 0. The van der Waals surface area contributed by atoms with Gasteiger partial charge in [-0.2, -0.15) is 5.10 Å². The molecule has 1 aromatic heterocycles. The lowest BCUT2D eigenvalue weighted by molar-refractivity contribution is 0.402. The summed E-state index contributed by atoms with van der Waals surface area (Å²) in [6.45, 7) is 0.846. The van der Waals surface area contributed by atoms with Gasteiger partial charge in [-0.05, 0) is 37.9 Å². The summed E-state index contributed by atoms with van der Waals surface area (Å²) in [5.74, 6) is 0.691. The van der Waals surface area contributed by atoms with Crippen LogP contribution < -0.4 is 0 Å². The first kappa shape index (κ1) is 14.4. The van der Waals surface area contributed by atoms with Gasteiger partial charge in [0.2, 0.25) is 0 Å². The van der Waals surface area contributed by atoms with Crippen LogP contribution in [0.4, 0.5) is 4.39 Å². The molecule has 0 amide bonds. The summed E-state index contributed by atoms with van der Waals surface area (Å²) < 4.78 is 13.8. The second-order valence-electron chi connectivity index (χ2n) is 5.43. The van der Waals surface area contributed by atoms with E-state index < -0.39 is 0 Å². The molecule has 0 radical (unpaired) electrons. The minimum absolute atomic E-state index is 0.313. The molecule has 5 heteroatoms. The van der Waals surface area contributed by atoms with E-state index in [-0.39, 0.29) is 5.82 Å². The molecule has 1 N–H and O–H groups in total. The Bertz CT molecular complexity index is 780. The Morgan fingerprint density at radius 2 is 1.91 bits per heavy atom. The van der Waals surface area contributed by atoms with Crippen LogP contribution in [-0.2, 0) is 6.54 Å². The van der Waals surface area contributed by atoms with E-state index in [0.29, 0.717) is 17.2 Å². The molecule has 0 saturated heterocycles. The first-order valence-corrected chi connectivity index (χ1v) is 7.05. The summed E-state index contributed by atoms with van der Waals surface area (Å²) in [5, 5.41) is 7.02. The highest BCUT2D eigenvalue weighted by molar-refractivity contribution is 5.62. The zero-order valence-corrected chi connectivity index (χ0v) is 12.5. The van der Waals surface area contributed by atoms with Crippen LogP contribution in [0.25, 0.3) is 22.8 Å². The lowest BCUT2D eigenvalue weighted by Crippen LogP contribution is -2.10. The minimum atomic E-state index is -0.313. The maximum absolute atomic E-state index is 13.8. The number of aromatic amines is 1. The second kappa shape index (κ2) is 6.07. The predicted octanol–water partition coefficient (Wildman–Crippen LogP) is 3.34. The molecule has 0 bridgehead atoms. The summed E-state index contributed by atoms with van der Waals surface area (Å²) in [6, 6.07) is 14.6. The summed E-state index contributed by atoms with van der Waals surface area (Å²) in [5.41, 5.74) is 2.52. The SMILES string of the molecule is CN(C)Cc1cccc(-c2n[nH]c(-c3ccccc3F)n2)c1. The Hall–Kier alpha value is -2.53. The van der Waals surface area contributed by atoms with Crippen molar-refractivity contribution >= 4 is 0 Å². The van der Waals surface area contributed by atoms with E-state index in [9.17, 15) is 4.39 Å². The maximum Gasteiger partial charge on any atom is 0.181 e. The topological polar surface area (TPSA) is 44.8 Å². The Labute approximate surface area is 128 Å². The molecule has 0 aliphatic carbocycles. The van der Waals surface area contributed by atoms with Crippen molar-refractivity contribution in [3.63, 3.8) is 0 Å². The van der Waals surface area contributed by atoms with Crippen molar-refractivity contribution in [2.75, 3.05) is 14.1 Å². The van der Waals surface area contributed by atoms with E-state index in [1.54, 1.807) is 18.2 Å². The van der Waals surface area contributed by atoms with Crippen LogP contribution in [0.2, 0.25) is 0 Å². The molecule has 0 spiro atoms. The number of hydrogen-bond donors (Lipinski definition) is 1. The number of benzene rings is 2. The van der Waals surface area contributed by atoms with E-state index in [1.165, 1.54) is 11.6 Å². The van der Waals surface area contributed by atoms with Gasteiger partial charge in [0.1, 0.15) is 5.82 Å². The molecule has 0 atom stereocenters. The van der Waals surface area contributed by atoms with Crippen molar-refractivity contribution < 1.29 is 4.39 Å². The van der Waals surface area contributed by atoms with E-state index in [2.05, 4.69) is 26.1 Å². The Balaban J connectivity index is 1.93. The second-order valence-corrected chi connectivity index (χ2v) is 5.43. The Morgan fingerprint density at radius 3 is 2.68 bits per heavy atom. The van der Waals surface area contributed by atoms with E-state index in [1.807, 2.05) is 32.3 Å². The molecule has 3 rings (SSSR count). The zero-order valence-electron chi connectivity index (χ0n) is 12.5. The van der Waals surface area contributed by atoms with Gasteiger partial charge in [0.15, 0.2) is 11.6 Å². The molecule has 0 unspecified atom stereocenters. The summed E-state index contributed by atoms with van der Waals surface area (Å²) >= 11 is 0. The van der Waals surface area contributed by atoms with Crippen molar-refractivity contribution in [3.8, 4) is 22.8 Å². The molecule has 0 aliphatic rings. The highest BCUT2D eigenvalue weighted by Crippen LogP contribution is 2.22. The number of H-pyrrole nitrogens is 1. The van der Waals surface area contributed by atoms with Crippen LogP contribution in [0.5, 0.6) is 0 Å². The zero-order chi connectivity index (χ0) is 15.5. The Morgan fingerprint density at radius 1 is 1.09 bits per heavy atom. The Kier molecular flexibility index (Phi) is 3.98. The third-order valence-electron chi connectivity index (χ3n) is 3.30.